The van der Waals surface area contributed by atoms with Gasteiger partial charge in [0.2, 0.25) is 0 Å². The lowest BCUT2D eigenvalue weighted by molar-refractivity contribution is 0.0957. The van der Waals surface area contributed by atoms with E-state index in [1.54, 1.807) is 36.5 Å². The van der Waals surface area contributed by atoms with E-state index in [0.717, 1.165) is 22.2 Å². The number of hydrogen-bond acceptors (Lipinski definition) is 3. The van der Waals surface area contributed by atoms with Gasteiger partial charge in [-0.25, -0.2) is 5.43 Å². The largest absolute Gasteiger partial charge is 0.508 e. The van der Waals surface area contributed by atoms with E-state index in [0.29, 0.717) is 5.56 Å². The van der Waals surface area contributed by atoms with Crippen molar-refractivity contribution >= 4 is 22.9 Å². The van der Waals surface area contributed by atoms with Crippen molar-refractivity contribution in [3.63, 3.8) is 0 Å². The number of benzene rings is 3. The fourth-order valence-corrected chi connectivity index (χ4v) is 2.99. The quantitative estimate of drug-likeness (QED) is 0.427. The minimum Gasteiger partial charge on any atom is -0.508 e. The monoisotopic (exact) mass is 355 g/mol. The molecule has 5 heteroatoms. The third-order valence-corrected chi connectivity index (χ3v) is 4.31. The molecule has 27 heavy (non-hydrogen) atoms. The maximum absolute atomic E-state index is 12.5. The number of rotatable bonds is 4. The Hall–Kier alpha value is -3.86. The van der Waals surface area contributed by atoms with Crippen LogP contribution in [0.2, 0.25) is 0 Å². The normalized spacial score (nSPS) is 11.1. The summed E-state index contributed by atoms with van der Waals surface area (Å²) in [6.45, 7) is 0. The molecule has 4 aromatic rings. The Labute approximate surface area is 156 Å². The van der Waals surface area contributed by atoms with Crippen LogP contribution >= 0.6 is 0 Å². The van der Waals surface area contributed by atoms with Gasteiger partial charge < -0.3 is 9.67 Å². The molecule has 0 spiro atoms. The maximum atomic E-state index is 12.5. The van der Waals surface area contributed by atoms with Crippen molar-refractivity contribution in [1.29, 1.82) is 0 Å². The summed E-state index contributed by atoms with van der Waals surface area (Å²) >= 11 is 0. The second-order valence-corrected chi connectivity index (χ2v) is 6.05. The van der Waals surface area contributed by atoms with Gasteiger partial charge in [-0.15, -0.1) is 0 Å². The molecule has 1 amide bonds. The van der Waals surface area contributed by atoms with Gasteiger partial charge >= 0.3 is 0 Å². The Morgan fingerprint density at radius 1 is 0.926 bits per heavy atom. The molecule has 0 fully saturated rings. The van der Waals surface area contributed by atoms with Crippen molar-refractivity contribution in [1.82, 2.24) is 9.99 Å². The number of phenols is 1. The van der Waals surface area contributed by atoms with Crippen molar-refractivity contribution in [2.75, 3.05) is 0 Å². The van der Waals surface area contributed by atoms with Gasteiger partial charge in [0, 0.05) is 17.4 Å². The Morgan fingerprint density at radius 3 is 2.56 bits per heavy atom. The topological polar surface area (TPSA) is 66.6 Å². The molecular weight excluding hydrogens is 338 g/mol. The average molecular weight is 355 g/mol. The molecule has 0 radical (unpaired) electrons. The number of hydrogen-bond donors (Lipinski definition) is 2. The first-order chi connectivity index (χ1) is 13.2. The molecule has 132 valence electrons. The van der Waals surface area contributed by atoms with Crippen LogP contribution in [0.1, 0.15) is 16.1 Å². The molecule has 0 aliphatic carbocycles. The van der Waals surface area contributed by atoms with Crippen molar-refractivity contribution in [2.24, 2.45) is 5.10 Å². The van der Waals surface area contributed by atoms with Gasteiger partial charge in [0.15, 0.2) is 0 Å². The first kappa shape index (κ1) is 16.6. The summed E-state index contributed by atoms with van der Waals surface area (Å²) in [6.07, 6.45) is 3.48. The van der Waals surface area contributed by atoms with E-state index in [4.69, 9.17) is 0 Å². The molecular formula is C22H17N3O2. The van der Waals surface area contributed by atoms with Crippen LogP contribution in [0.15, 0.2) is 90.2 Å². The molecule has 4 rings (SSSR count). The summed E-state index contributed by atoms with van der Waals surface area (Å²) < 4.78 is 1.91. The Kier molecular flexibility index (Phi) is 4.41. The molecule has 0 aliphatic heterocycles. The summed E-state index contributed by atoms with van der Waals surface area (Å²) in [7, 11) is 0. The third-order valence-electron chi connectivity index (χ3n) is 4.31. The second-order valence-electron chi connectivity index (χ2n) is 6.05. The van der Waals surface area contributed by atoms with Crippen LogP contribution in [0.4, 0.5) is 0 Å². The molecule has 0 atom stereocenters. The number of nitrogens with zero attached hydrogens (tertiary/aromatic N) is 2. The summed E-state index contributed by atoms with van der Waals surface area (Å²) in [5, 5.41) is 15.4. The van der Waals surface area contributed by atoms with Gasteiger partial charge in [-0.2, -0.15) is 5.10 Å². The maximum Gasteiger partial charge on any atom is 0.271 e. The smallest absolute Gasteiger partial charge is 0.271 e. The number of aromatic hydroxyl groups is 1. The predicted molar refractivity (Wildman–Crippen MR) is 106 cm³/mol. The SMILES string of the molecule is O=C(N/N=C\c1cccn1-c1ccc(O)cc1)c1cccc2ccccc12. The van der Waals surface area contributed by atoms with E-state index in [1.807, 2.05) is 59.3 Å². The molecule has 1 aromatic heterocycles. The first-order valence-electron chi connectivity index (χ1n) is 8.50. The first-order valence-corrected chi connectivity index (χ1v) is 8.50. The summed E-state index contributed by atoms with van der Waals surface area (Å²) in [4.78, 5) is 12.5. The summed E-state index contributed by atoms with van der Waals surface area (Å²) in [5.74, 6) is -0.0470. The zero-order valence-corrected chi connectivity index (χ0v) is 14.4. The fraction of sp³-hybridized carbons (Fsp3) is 0. The Balaban J connectivity index is 1.54. The molecule has 5 nitrogen and oxygen atoms in total. The van der Waals surface area contributed by atoms with Gasteiger partial charge in [0.05, 0.1) is 11.9 Å². The number of carbonyl (C=O) groups excluding carboxylic acids is 1. The highest BCUT2D eigenvalue weighted by molar-refractivity contribution is 6.07. The molecule has 0 bridgehead atoms. The number of aromatic nitrogens is 1. The number of fused-ring (bicyclic) bond motifs is 1. The van der Waals surface area contributed by atoms with Gasteiger partial charge in [0.25, 0.3) is 5.91 Å². The lowest BCUT2D eigenvalue weighted by Gasteiger charge is -2.07. The van der Waals surface area contributed by atoms with Crippen LogP contribution in [0.3, 0.4) is 0 Å². The molecule has 0 aliphatic rings. The number of nitrogens with one attached hydrogen (secondary N) is 1. The standard InChI is InChI=1S/C22H17N3O2/c26-19-12-10-17(11-13-19)25-14-4-7-18(25)15-23-24-22(27)21-9-3-6-16-5-1-2-8-20(16)21/h1-15,26H,(H,24,27)/b23-15-. The fourth-order valence-electron chi connectivity index (χ4n) is 2.99. The van der Waals surface area contributed by atoms with Crippen molar-refractivity contribution < 1.29 is 9.90 Å². The van der Waals surface area contributed by atoms with Gasteiger partial charge in [-0.1, -0.05) is 36.4 Å². The van der Waals surface area contributed by atoms with Crippen LogP contribution in [0.25, 0.3) is 16.5 Å². The van der Waals surface area contributed by atoms with E-state index >= 15 is 0 Å². The lowest BCUT2D eigenvalue weighted by Crippen LogP contribution is -2.18. The Morgan fingerprint density at radius 2 is 1.70 bits per heavy atom. The molecule has 2 N–H and O–H groups in total. The zero-order valence-electron chi connectivity index (χ0n) is 14.4. The summed E-state index contributed by atoms with van der Waals surface area (Å²) in [5.41, 5.74) is 4.87. The highest BCUT2D eigenvalue weighted by Gasteiger charge is 2.08. The van der Waals surface area contributed by atoms with Crippen molar-refractivity contribution in [3.05, 3.63) is 96.3 Å². The second kappa shape index (κ2) is 7.17. The van der Waals surface area contributed by atoms with Gasteiger partial charge in [-0.05, 0) is 53.2 Å². The Bertz CT molecular complexity index is 1120. The molecule has 0 saturated heterocycles. The molecule has 1 heterocycles. The minimum atomic E-state index is -0.259. The van der Waals surface area contributed by atoms with E-state index in [1.165, 1.54) is 0 Å². The highest BCUT2D eigenvalue weighted by Crippen LogP contribution is 2.18. The third kappa shape index (κ3) is 3.43. The van der Waals surface area contributed by atoms with Crippen LogP contribution in [-0.2, 0) is 0 Å². The number of hydrazone groups is 1. The predicted octanol–water partition coefficient (Wildman–Crippen LogP) is 4.10. The molecule has 0 saturated carbocycles. The van der Waals surface area contributed by atoms with Crippen LogP contribution in [-0.4, -0.2) is 21.8 Å². The minimum absolute atomic E-state index is 0.212. The zero-order chi connectivity index (χ0) is 18.6. The van der Waals surface area contributed by atoms with Crippen LogP contribution in [0.5, 0.6) is 5.75 Å². The van der Waals surface area contributed by atoms with Crippen molar-refractivity contribution in [2.45, 2.75) is 0 Å². The van der Waals surface area contributed by atoms with Gasteiger partial charge in [0.1, 0.15) is 5.75 Å². The van der Waals surface area contributed by atoms with Crippen LogP contribution in [0, 0.1) is 0 Å². The number of carbonyl (C=O) groups is 1. The highest BCUT2D eigenvalue weighted by atomic mass is 16.3. The number of amides is 1. The van der Waals surface area contributed by atoms with E-state index in [9.17, 15) is 9.90 Å². The van der Waals surface area contributed by atoms with E-state index in [2.05, 4.69) is 10.5 Å². The molecule has 3 aromatic carbocycles. The van der Waals surface area contributed by atoms with E-state index < -0.39 is 0 Å². The van der Waals surface area contributed by atoms with Crippen LogP contribution < -0.4 is 5.43 Å². The van der Waals surface area contributed by atoms with Gasteiger partial charge in [-0.3, -0.25) is 4.79 Å². The number of phenolic OH excluding ortho intramolecular Hbond substituents is 1. The van der Waals surface area contributed by atoms with E-state index in [-0.39, 0.29) is 11.7 Å². The summed E-state index contributed by atoms with van der Waals surface area (Å²) in [6, 6.07) is 24.0. The average Bonchev–Trinajstić information content (AvgIpc) is 3.16. The van der Waals surface area contributed by atoms with Crippen molar-refractivity contribution in [3.8, 4) is 11.4 Å². The molecule has 0 unspecified atom stereocenters. The lowest BCUT2D eigenvalue weighted by atomic mass is 10.0.